The number of rotatable bonds is 5. The number of hydrogen-bond donors (Lipinski definition) is 2. The molecule has 0 aromatic heterocycles. The molecule has 0 heterocycles. The van der Waals surface area contributed by atoms with E-state index >= 15 is 0 Å². The second-order valence-corrected chi connectivity index (χ2v) is 4.17. The smallest absolute Gasteiger partial charge is 0.319 e. The maximum absolute atomic E-state index is 11.7. The minimum Gasteiger partial charge on any atom is -0.354 e. The van der Waals surface area contributed by atoms with Crippen LogP contribution >= 0.6 is 11.6 Å². The number of benzene rings is 1. The van der Waals surface area contributed by atoms with Crippen molar-refractivity contribution < 1.29 is 14.3 Å². The summed E-state index contributed by atoms with van der Waals surface area (Å²) in [4.78, 5) is 11.7. The van der Waals surface area contributed by atoms with Crippen LogP contribution in [0.1, 0.15) is 6.92 Å². The fourth-order valence-corrected chi connectivity index (χ4v) is 1.70. The summed E-state index contributed by atoms with van der Waals surface area (Å²) in [7, 11) is 3.03. The number of nitrogens with one attached hydrogen (secondary N) is 2. The zero-order valence-electron chi connectivity index (χ0n) is 10.6. The van der Waals surface area contributed by atoms with Crippen molar-refractivity contribution in [2.24, 2.45) is 0 Å². The van der Waals surface area contributed by atoms with Gasteiger partial charge in [0, 0.05) is 24.9 Å². The summed E-state index contributed by atoms with van der Waals surface area (Å²) in [6.45, 7) is 1.79. The summed E-state index contributed by atoms with van der Waals surface area (Å²) < 4.78 is 10.1. The van der Waals surface area contributed by atoms with Crippen LogP contribution in [-0.4, -0.2) is 32.6 Å². The van der Waals surface area contributed by atoms with Gasteiger partial charge in [-0.05, 0) is 25.1 Å². The van der Waals surface area contributed by atoms with Gasteiger partial charge in [0.2, 0.25) is 0 Å². The highest BCUT2D eigenvalue weighted by molar-refractivity contribution is 6.30. The van der Waals surface area contributed by atoms with Crippen LogP contribution in [0, 0.1) is 0 Å². The number of hydrogen-bond acceptors (Lipinski definition) is 3. The Balaban J connectivity index is 2.51. The molecule has 0 fully saturated rings. The fourth-order valence-electron chi connectivity index (χ4n) is 1.51. The highest BCUT2D eigenvalue weighted by Gasteiger charge is 2.17. The molecule has 0 bridgehead atoms. The summed E-state index contributed by atoms with van der Waals surface area (Å²) in [5, 5.41) is 5.94. The fraction of sp³-hybridized carbons (Fsp3) is 0.417. The van der Waals surface area contributed by atoms with Crippen molar-refractivity contribution in [3.8, 4) is 0 Å². The van der Waals surface area contributed by atoms with E-state index in [1.807, 2.05) is 0 Å². The van der Waals surface area contributed by atoms with E-state index in [1.165, 1.54) is 14.2 Å². The van der Waals surface area contributed by atoms with Gasteiger partial charge in [-0.15, -0.1) is 0 Å². The van der Waals surface area contributed by atoms with E-state index in [9.17, 15) is 4.79 Å². The van der Waals surface area contributed by atoms with Gasteiger partial charge in [-0.2, -0.15) is 0 Å². The van der Waals surface area contributed by atoms with E-state index in [4.69, 9.17) is 21.1 Å². The molecule has 0 aliphatic carbocycles. The summed E-state index contributed by atoms with van der Waals surface area (Å²) >= 11 is 5.82. The average Bonchev–Trinajstić information content (AvgIpc) is 2.30. The third-order valence-electron chi connectivity index (χ3n) is 2.31. The Morgan fingerprint density at radius 3 is 2.56 bits per heavy atom. The molecule has 2 amide bonds. The largest absolute Gasteiger partial charge is 0.354 e. The number of methoxy groups -OCH3 is 2. The first-order valence-corrected chi connectivity index (χ1v) is 5.83. The Morgan fingerprint density at radius 2 is 2.00 bits per heavy atom. The highest BCUT2D eigenvalue weighted by Crippen LogP contribution is 2.14. The van der Waals surface area contributed by atoms with Crippen LogP contribution in [0.4, 0.5) is 10.5 Å². The zero-order chi connectivity index (χ0) is 13.5. The van der Waals surface area contributed by atoms with Crippen LogP contribution < -0.4 is 10.6 Å². The number of amides is 2. The first-order valence-electron chi connectivity index (χ1n) is 5.45. The van der Waals surface area contributed by atoms with Crippen LogP contribution in [-0.2, 0) is 9.47 Å². The van der Waals surface area contributed by atoms with E-state index in [0.717, 1.165) is 0 Å². The van der Waals surface area contributed by atoms with Gasteiger partial charge in [0.1, 0.15) is 0 Å². The lowest BCUT2D eigenvalue weighted by Gasteiger charge is -2.22. The van der Waals surface area contributed by atoms with Gasteiger partial charge >= 0.3 is 6.03 Å². The van der Waals surface area contributed by atoms with Crippen molar-refractivity contribution in [3.63, 3.8) is 0 Å². The van der Waals surface area contributed by atoms with Crippen LogP contribution in [0.25, 0.3) is 0 Å². The number of ether oxygens (including phenoxy) is 2. The van der Waals surface area contributed by atoms with Gasteiger partial charge in [0.25, 0.3) is 0 Å². The maximum Gasteiger partial charge on any atom is 0.319 e. The molecule has 0 radical (unpaired) electrons. The molecule has 1 aromatic rings. The second kappa shape index (κ2) is 7.20. The first-order chi connectivity index (χ1) is 8.56. The summed E-state index contributed by atoms with van der Waals surface area (Å²) in [6.07, 6.45) is -0.491. The number of anilines is 1. The van der Waals surface area contributed by atoms with Gasteiger partial charge in [-0.3, -0.25) is 0 Å². The predicted octanol–water partition coefficient (Wildman–Crippen LogP) is 2.47. The Kier molecular flexibility index (Phi) is 5.91. The minimum atomic E-state index is -0.491. The van der Waals surface area contributed by atoms with Crippen molar-refractivity contribution in [2.75, 3.05) is 19.5 Å². The lowest BCUT2D eigenvalue weighted by atomic mass is 10.3. The molecule has 100 valence electrons. The molecule has 0 saturated carbocycles. The lowest BCUT2D eigenvalue weighted by Crippen LogP contribution is -2.44. The number of carbonyl (C=O) groups excluding carboxylic acids is 1. The molecular formula is C12H17ClN2O3. The molecule has 1 rings (SSSR count). The predicted molar refractivity (Wildman–Crippen MR) is 70.9 cm³/mol. The summed E-state index contributed by atoms with van der Waals surface area (Å²) in [5.74, 6) is 0. The van der Waals surface area contributed by atoms with Crippen molar-refractivity contribution in [1.29, 1.82) is 0 Å². The van der Waals surface area contributed by atoms with Gasteiger partial charge < -0.3 is 20.1 Å². The molecule has 1 atom stereocenters. The van der Waals surface area contributed by atoms with E-state index in [1.54, 1.807) is 31.2 Å². The summed E-state index contributed by atoms with van der Waals surface area (Å²) in [5.41, 5.74) is 0.624. The molecule has 6 heteroatoms. The third-order valence-corrected chi connectivity index (χ3v) is 2.55. The van der Waals surface area contributed by atoms with Crippen LogP contribution in [0.15, 0.2) is 24.3 Å². The molecule has 1 unspecified atom stereocenters. The number of urea groups is 1. The SMILES string of the molecule is COC(OC)C(C)NC(=O)Nc1cccc(Cl)c1. The summed E-state index contributed by atoms with van der Waals surface area (Å²) in [6, 6.07) is 6.28. The standard InChI is InChI=1S/C12H17ClN2O3/c1-8(11(17-2)18-3)14-12(16)15-10-6-4-5-9(13)7-10/h4-8,11H,1-3H3,(H2,14,15,16). The topological polar surface area (TPSA) is 59.6 Å². The molecule has 0 aliphatic rings. The van der Waals surface area contributed by atoms with Crippen molar-refractivity contribution in [1.82, 2.24) is 5.32 Å². The molecule has 2 N–H and O–H groups in total. The maximum atomic E-state index is 11.7. The normalized spacial score (nSPS) is 12.3. The molecule has 5 nitrogen and oxygen atoms in total. The Hall–Kier alpha value is -1.30. The molecule has 0 saturated heterocycles. The van der Waals surface area contributed by atoms with Gasteiger partial charge in [-0.1, -0.05) is 17.7 Å². The van der Waals surface area contributed by atoms with Crippen molar-refractivity contribution in [2.45, 2.75) is 19.3 Å². The lowest BCUT2D eigenvalue weighted by molar-refractivity contribution is -0.117. The van der Waals surface area contributed by atoms with E-state index in [0.29, 0.717) is 10.7 Å². The molecule has 18 heavy (non-hydrogen) atoms. The average molecular weight is 273 g/mol. The highest BCUT2D eigenvalue weighted by atomic mass is 35.5. The van der Waals surface area contributed by atoms with E-state index in [2.05, 4.69) is 10.6 Å². The van der Waals surface area contributed by atoms with Gasteiger partial charge in [-0.25, -0.2) is 4.79 Å². The molecule has 1 aromatic carbocycles. The Bertz CT molecular complexity index is 397. The quantitative estimate of drug-likeness (QED) is 0.810. The number of carbonyl (C=O) groups is 1. The van der Waals surface area contributed by atoms with E-state index < -0.39 is 6.29 Å². The van der Waals surface area contributed by atoms with Crippen molar-refractivity contribution >= 4 is 23.3 Å². The van der Waals surface area contributed by atoms with E-state index in [-0.39, 0.29) is 12.1 Å². The molecule has 0 spiro atoms. The monoisotopic (exact) mass is 272 g/mol. The second-order valence-electron chi connectivity index (χ2n) is 3.74. The molecule has 0 aliphatic heterocycles. The number of halogens is 1. The zero-order valence-corrected chi connectivity index (χ0v) is 11.3. The minimum absolute atomic E-state index is 0.279. The van der Waals surface area contributed by atoms with Crippen molar-refractivity contribution in [3.05, 3.63) is 29.3 Å². The van der Waals surface area contributed by atoms with Crippen LogP contribution in [0.3, 0.4) is 0 Å². The Labute approximate surface area is 111 Å². The molecular weight excluding hydrogens is 256 g/mol. The van der Waals surface area contributed by atoms with Crippen LogP contribution in [0.5, 0.6) is 0 Å². The third kappa shape index (κ3) is 4.52. The van der Waals surface area contributed by atoms with Gasteiger partial charge in [0.05, 0.1) is 6.04 Å². The Morgan fingerprint density at radius 1 is 1.33 bits per heavy atom. The first kappa shape index (κ1) is 14.8. The van der Waals surface area contributed by atoms with Crippen LogP contribution in [0.2, 0.25) is 5.02 Å². The van der Waals surface area contributed by atoms with Gasteiger partial charge in [0.15, 0.2) is 6.29 Å².